The molecule has 1 N–H and O–H groups in total. The van der Waals surface area contributed by atoms with Gasteiger partial charge in [-0.2, -0.15) is 9.98 Å². The van der Waals surface area contributed by atoms with Gasteiger partial charge < -0.3 is 5.11 Å². The van der Waals surface area contributed by atoms with E-state index < -0.39 is 12.0 Å². The summed E-state index contributed by atoms with van der Waals surface area (Å²) in [7, 11) is 0. The predicted molar refractivity (Wildman–Crippen MR) is 45.5 cm³/mol. The quantitative estimate of drug-likeness (QED) is 0.694. The van der Waals surface area contributed by atoms with Crippen LogP contribution in [0.15, 0.2) is 28.2 Å². The number of rotatable bonds is 2. The van der Waals surface area contributed by atoms with Crippen molar-refractivity contribution < 1.29 is 14.7 Å². The lowest BCUT2D eigenvalue weighted by atomic mass is 10.1. The zero-order valence-corrected chi connectivity index (χ0v) is 7.10. The highest BCUT2D eigenvalue weighted by Gasteiger charge is 2.06. The number of urea groups is 1. The largest absolute Gasteiger partial charge is 0.481 e. The third-order valence-corrected chi connectivity index (χ3v) is 1.83. The van der Waals surface area contributed by atoms with Gasteiger partial charge in [-0.1, -0.05) is 6.07 Å². The summed E-state index contributed by atoms with van der Waals surface area (Å²) in [6.45, 7) is 0. The second-order valence-corrected chi connectivity index (χ2v) is 2.90. The van der Waals surface area contributed by atoms with Crippen molar-refractivity contribution in [3.05, 3.63) is 34.5 Å². The van der Waals surface area contributed by atoms with Crippen LogP contribution in [0.5, 0.6) is 0 Å². The first-order chi connectivity index (χ1) is 6.65. The fourth-order valence-electron chi connectivity index (χ4n) is 1.27. The molecule has 0 saturated heterocycles. The number of aliphatic carboxylic acids is 1. The fraction of sp³-hybridized carbons (Fsp3) is 0.111. The van der Waals surface area contributed by atoms with Crippen LogP contribution in [0.1, 0.15) is 5.56 Å². The lowest BCUT2D eigenvalue weighted by Gasteiger charge is -1.93. The van der Waals surface area contributed by atoms with Crippen LogP contribution >= 0.6 is 0 Å². The van der Waals surface area contributed by atoms with Crippen LogP contribution in [0.4, 0.5) is 4.79 Å². The van der Waals surface area contributed by atoms with E-state index in [0.717, 1.165) is 0 Å². The highest BCUT2D eigenvalue weighted by Crippen LogP contribution is 1.95. The molecule has 0 saturated carbocycles. The van der Waals surface area contributed by atoms with E-state index in [1.807, 2.05) is 0 Å². The number of carboxylic acids is 1. The maximum Gasteiger partial charge on any atom is 0.368 e. The monoisotopic (exact) mass is 190 g/mol. The van der Waals surface area contributed by atoms with Gasteiger partial charge in [0.2, 0.25) is 0 Å². The first-order valence-electron chi connectivity index (χ1n) is 3.97. The smallest absolute Gasteiger partial charge is 0.368 e. The van der Waals surface area contributed by atoms with E-state index in [0.29, 0.717) is 16.3 Å². The molecule has 1 aliphatic rings. The summed E-state index contributed by atoms with van der Waals surface area (Å²) in [4.78, 5) is 28.4. The minimum absolute atomic E-state index is 0.0724. The minimum Gasteiger partial charge on any atom is -0.481 e. The van der Waals surface area contributed by atoms with Crippen molar-refractivity contribution in [2.75, 3.05) is 0 Å². The highest BCUT2D eigenvalue weighted by atomic mass is 16.4. The Morgan fingerprint density at radius 1 is 1.29 bits per heavy atom. The van der Waals surface area contributed by atoms with Gasteiger partial charge in [-0.05, 0) is 17.7 Å². The Bertz CT molecular complexity index is 533. The van der Waals surface area contributed by atoms with Crippen LogP contribution in [0.25, 0.3) is 0 Å². The molecule has 0 fully saturated rings. The number of hydrogen-bond donors (Lipinski definition) is 1. The number of carboxylic acid groups (broad SMARTS) is 1. The van der Waals surface area contributed by atoms with Crippen molar-refractivity contribution in [3.63, 3.8) is 0 Å². The Morgan fingerprint density at radius 3 is 2.71 bits per heavy atom. The Balaban J connectivity index is 2.49. The molecule has 0 aliphatic carbocycles. The number of carbonyl (C=O) groups is 2. The topological polar surface area (TPSA) is 79.1 Å². The summed E-state index contributed by atoms with van der Waals surface area (Å²) in [6.07, 6.45) is -0.0724. The second kappa shape index (κ2) is 3.02. The van der Waals surface area contributed by atoms with Gasteiger partial charge in [-0.3, -0.25) is 4.79 Å². The van der Waals surface area contributed by atoms with E-state index in [4.69, 9.17) is 5.11 Å². The van der Waals surface area contributed by atoms with Crippen molar-refractivity contribution >= 4 is 12.0 Å². The maximum atomic E-state index is 10.8. The lowest BCUT2D eigenvalue weighted by Crippen LogP contribution is -2.22. The van der Waals surface area contributed by atoms with E-state index in [1.54, 1.807) is 18.2 Å². The standard InChI is InChI=1S/C9H6N2O3/c12-8(13)4-5-1-2-6-7(3-5)11-9(14)10-6/h1-3H,4H2,(H,12,13). The Morgan fingerprint density at radius 2 is 2.00 bits per heavy atom. The first-order valence-corrected chi connectivity index (χ1v) is 3.97. The molecular formula is C9H6N2O3. The van der Waals surface area contributed by atoms with Crippen molar-refractivity contribution in [2.24, 2.45) is 9.98 Å². The summed E-state index contributed by atoms with van der Waals surface area (Å²) >= 11 is 0. The molecule has 1 aliphatic heterocycles. The highest BCUT2D eigenvalue weighted by molar-refractivity contribution is 5.77. The normalized spacial score (nSPS) is 13.0. The molecule has 70 valence electrons. The Labute approximate surface area is 78.4 Å². The molecule has 0 bridgehead atoms. The van der Waals surface area contributed by atoms with Gasteiger partial charge in [0.15, 0.2) is 0 Å². The fourth-order valence-corrected chi connectivity index (χ4v) is 1.27. The van der Waals surface area contributed by atoms with Crippen LogP contribution in [0.2, 0.25) is 0 Å². The van der Waals surface area contributed by atoms with Crippen molar-refractivity contribution in [1.29, 1.82) is 0 Å². The van der Waals surface area contributed by atoms with E-state index >= 15 is 0 Å². The molecule has 0 radical (unpaired) electrons. The molecule has 1 heterocycles. The zero-order valence-electron chi connectivity index (χ0n) is 7.10. The molecule has 2 amide bonds. The maximum absolute atomic E-state index is 10.8. The minimum atomic E-state index is -0.911. The Hall–Kier alpha value is -2.04. The summed E-state index contributed by atoms with van der Waals surface area (Å²) in [6, 6.07) is 4.26. The number of benzene rings is 1. The van der Waals surface area contributed by atoms with E-state index in [2.05, 4.69) is 9.98 Å². The molecule has 0 spiro atoms. The predicted octanol–water partition coefficient (Wildman–Crippen LogP) is -0.313. The first kappa shape index (κ1) is 8.55. The molecule has 2 rings (SSSR count). The van der Waals surface area contributed by atoms with Gasteiger partial charge in [-0.15, -0.1) is 0 Å². The van der Waals surface area contributed by atoms with Crippen LogP contribution in [0, 0.1) is 0 Å². The number of fused-ring (bicyclic) bond motifs is 1. The van der Waals surface area contributed by atoms with Crippen LogP contribution in [-0.2, 0) is 11.2 Å². The molecule has 1 aromatic rings. The van der Waals surface area contributed by atoms with Gasteiger partial charge in [0.25, 0.3) is 0 Å². The molecule has 0 unspecified atom stereocenters. The number of hydrogen-bond acceptors (Lipinski definition) is 2. The third-order valence-electron chi connectivity index (χ3n) is 1.83. The van der Waals surface area contributed by atoms with Gasteiger partial charge >= 0.3 is 12.0 Å². The summed E-state index contributed by atoms with van der Waals surface area (Å²) in [5, 5.41) is 9.50. The summed E-state index contributed by atoms with van der Waals surface area (Å²) in [5.41, 5.74) is 0.616. The summed E-state index contributed by atoms with van der Waals surface area (Å²) in [5.74, 6) is -0.911. The van der Waals surface area contributed by atoms with Crippen LogP contribution in [0.3, 0.4) is 0 Å². The SMILES string of the molecule is O=C(O)Cc1ccc2c(c1)=NC(=O)N=2. The van der Waals surface area contributed by atoms with Crippen molar-refractivity contribution in [1.82, 2.24) is 0 Å². The van der Waals surface area contributed by atoms with E-state index in [1.165, 1.54) is 0 Å². The van der Waals surface area contributed by atoms with Gasteiger partial charge in [0.05, 0.1) is 17.1 Å². The average molecular weight is 190 g/mol. The van der Waals surface area contributed by atoms with Gasteiger partial charge in [-0.25, -0.2) is 4.79 Å². The molecule has 0 atom stereocenters. The van der Waals surface area contributed by atoms with Gasteiger partial charge in [0, 0.05) is 0 Å². The van der Waals surface area contributed by atoms with Crippen LogP contribution in [-0.4, -0.2) is 17.1 Å². The van der Waals surface area contributed by atoms with Crippen molar-refractivity contribution in [3.8, 4) is 0 Å². The summed E-state index contributed by atoms with van der Waals surface area (Å²) < 4.78 is 0. The number of carbonyl (C=O) groups excluding carboxylic acids is 1. The van der Waals surface area contributed by atoms with Gasteiger partial charge in [0.1, 0.15) is 0 Å². The molecule has 14 heavy (non-hydrogen) atoms. The van der Waals surface area contributed by atoms with E-state index in [9.17, 15) is 9.59 Å². The number of amides is 2. The molecule has 0 aromatic heterocycles. The third kappa shape index (κ3) is 1.52. The molecular weight excluding hydrogens is 184 g/mol. The average Bonchev–Trinajstić information content (AvgIpc) is 2.42. The molecule has 5 nitrogen and oxygen atoms in total. The van der Waals surface area contributed by atoms with E-state index in [-0.39, 0.29) is 6.42 Å². The van der Waals surface area contributed by atoms with Crippen LogP contribution < -0.4 is 10.7 Å². The molecule has 1 aromatic carbocycles. The lowest BCUT2D eigenvalue weighted by molar-refractivity contribution is -0.136. The zero-order chi connectivity index (χ0) is 10.1. The Kier molecular flexibility index (Phi) is 1.85. The van der Waals surface area contributed by atoms with Crippen molar-refractivity contribution in [2.45, 2.75) is 6.42 Å². The second-order valence-electron chi connectivity index (χ2n) is 2.90. The molecule has 5 heteroatoms. The number of nitrogens with zero attached hydrogens (tertiary/aromatic N) is 2.